The first-order valence-electron chi connectivity index (χ1n) is 6.21. The van der Waals surface area contributed by atoms with E-state index in [9.17, 15) is 14.0 Å². The van der Waals surface area contributed by atoms with Crippen LogP contribution >= 0.6 is 11.3 Å². The Bertz CT molecular complexity index is 898. The maximum absolute atomic E-state index is 13.8. The largest absolute Gasteiger partial charge is 0.366 e. The highest BCUT2D eigenvalue weighted by Gasteiger charge is 2.10. The molecule has 2 N–H and O–H groups in total. The van der Waals surface area contributed by atoms with Crippen LogP contribution in [0.3, 0.4) is 0 Å². The Morgan fingerprint density at radius 2 is 2.10 bits per heavy atom. The van der Waals surface area contributed by atoms with Crippen molar-refractivity contribution in [3.8, 4) is 0 Å². The summed E-state index contributed by atoms with van der Waals surface area (Å²) in [6.07, 6.45) is 1.62. The molecule has 106 valence electrons. The maximum Gasteiger partial charge on any atom is 0.259 e. The smallest absolute Gasteiger partial charge is 0.259 e. The fourth-order valence-corrected chi connectivity index (χ4v) is 2.94. The van der Waals surface area contributed by atoms with Gasteiger partial charge in [0.2, 0.25) is 5.91 Å². The predicted molar refractivity (Wildman–Crippen MR) is 80.1 cm³/mol. The molecule has 0 unspecified atom stereocenters. The van der Waals surface area contributed by atoms with Gasteiger partial charge in [-0.05, 0) is 35.7 Å². The van der Waals surface area contributed by atoms with Crippen LogP contribution in [0.4, 0.5) is 4.39 Å². The van der Waals surface area contributed by atoms with Crippen LogP contribution < -0.4 is 11.3 Å². The fourth-order valence-electron chi connectivity index (χ4n) is 2.16. The molecular weight excluding hydrogens is 291 g/mol. The van der Waals surface area contributed by atoms with Gasteiger partial charge in [0, 0.05) is 22.0 Å². The van der Waals surface area contributed by atoms with Crippen LogP contribution in [-0.2, 0) is 6.54 Å². The van der Waals surface area contributed by atoms with E-state index in [1.165, 1.54) is 34.1 Å². The molecule has 0 aliphatic carbocycles. The maximum atomic E-state index is 13.8. The highest BCUT2D eigenvalue weighted by molar-refractivity contribution is 7.17. The van der Waals surface area contributed by atoms with E-state index >= 15 is 0 Å². The van der Waals surface area contributed by atoms with E-state index in [0.29, 0.717) is 5.39 Å². The molecule has 4 nitrogen and oxygen atoms in total. The average Bonchev–Trinajstić information content (AvgIpc) is 2.93. The van der Waals surface area contributed by atoms with Crippen molar-refractivity contribution in [2.24, 2.45) is 5.73 Å². The number of aromatic nitrogens is 1. The number of nitrogens with zero attached hydrogens (tertiary/aromatic N) is 1. The molecule has 1 aromatic carbocycles. The van der Waals surface area contributed by atoms with E-state index in [4.69, 9.17) is 5.73 Å². The molecule has 0 atom stereocenters. The van der Waals surface area contributed by atoms with Crippen molar-refractivity contribution in [1.29, 1.82) is 0 Å². The normalized spacial score (nSPS) is 10.9. The molecule has 0 radical (unpaired) electrons. The molecule has 0 aliphatic rings. The van der Waals surface area contributed by atoms with Crippen LogP contribution in [0.25, 0.3) is 10.1 Å². The van der Waals surface area contributed by atoms with Crippen LogP contribution in [0.2, 0.25) is 0 Å². The van der Waals surface area contributed by atoms with E-state index in [1.54, 1.807) is 12.3 Å². The average molecular weight is 302 g/mol. The van der Waals surface area contributed by atoms with Crippen molar-refractivity contribution < 1.29 is 9.18 Å². The van der Waals surface area contributed by atoms with E-state index < -0.39 is 11.7 Å². The van der Waals surface area contributed by atoms with Gasteiger partial charge in [0.1, 0.15) is 5.82 Å². The second-order valence-electron chi connectivity index (χ2n) is 4.62. The zero-order valence-corrected chi connectivity index (χ0v) is 11.7. The Labute approximate surface area is 123 Å². The molecule has 0 saturated carbocycles. The molecule has 0 spiro atoms. The minimum atomic E-state index is -0.628. The summed E-state index contributed by atoms with van der Waals surface area (Å²) in [7, 11) is 0. The van der Waals surface area contributed by atoms with Crippen LogP contribution in [0.15, 0.2) is 46.7 Å². The third-order valence-electron chi connectivity index (χ3n) is 3.26. The number of nitrogens with two attached hydrogens (primary N) is 1. The van der Waals surface area contributed by atoms with E-state index in [0.717, 1.165) is 4.70 Å². The molecule has 0 saturated heterocycles. The van der Waals surface area contributed by atoms with Crippen LogP contribution in [0.1, 0.15) is 15.9 Å². The van der Waals surface area contributed by atoms with Gasteiger partial charge >= 0.3 is 0 Å². The van der Waals surface area contributed by atoms with Crippen molar-refractivity contribution in [2.75, 3.05) is 0 Å². The molecule has 1 amide bonds. The first kappa shape index (κ1) is 13.5. The summed E-state index contributed by atoms with van der Waals surface area (Å²) >= 11 is 1.48. The van der Waals surface area contributed by atoms with Gasteiger partial charge in [-0.1, -0.05) is 0 Å². The highest BCUT2D eigenvalue weighted by Crippen LogP contribution is 2.17. The molecule has 2 aromatic heterocycles. The van der Waals surface area contributed by atoms with Crippen molar-refractivity contribution in [2.45, 2.75) is 6.54 Å². The molecule has 3 aromatic rings. The van der Waals surface area contributed by atoms with Gasteiger partial charge in [-0.3, -0.25) is 9.59 Å². The number of thiophene rings is 1. The van der Waals surface area contributed by atoms with E-state index in [2.05, 4.69) is 0 Å². The van der Waals surface area contributed by atoms with Crippen molar-refractivity contribution in [1.82, 2.24) is 4.57 Å². The monoisotopic (exact) mass is 302 g/mol. The van der Waals surface area contributed by atoms with Gasteiger partial charge in [0.05, 0.1) is 11.9 Å². The number of amides is 1. The quantitative estimate of drug-likeness (QED) is 0.807. The summed E-state index contributed by atoms with van der Waals surface area (Å²) in [4.78, 5) is 23.4. The minimum absolute atomic E-state index is 0.0531. The lowest BCUT2D eigenvalue weighted by Gasteiger charge is -2.08. The van der Waals surface area contributed by atoms with Crippen LogP contribution in [0, 0.1) is 5.82 Å². The summed E-state index contributed by atoms with van der Waals surface area (Å²) in [5.74, 6) is -1.10. The topological polar surface area (TPSA) is 65.1 Å². The molecule has 6 heteroatoms. The van der Waals surface area contributed by atoms with Crippen LogP contribution in [0.5, 0.6) is 0 Å². The number of pyridine rings is 1. The van der Waals surface area contributed by atoms with Gasteiger partial charge in [0.25, 0.3) is 5.56 Å². The summed E-state index contributed by atoms with van der Waals surface area (Å²) in [5.41, 5.74) is 5.48. The molecule has 0 bridgehead atoms. The van der Waals surface area contributed by atoms with Gasteiger partial charge < -0.3 is 10.3 Å². The number of carbonyl (C=O) groups is 1. The van der Waals surface area contributed by atoms with Gasteiger partial charge in [-0.25, -0.2) is 4.39 Å². The minimum Gasteiger partial charge on any atom is -0.366 e. The van der Waals surface area contributed by atoms with Crippen molar-refractivity contribution in [3.63, 3.8) is 0 Å². The van der Waals surface area contributed by atoms with Crippen molar-refractivity contribution >= 4 is 27.3 Å². The number of rotatable bonds is 3. The predicted octanol–water partition coefficient (Wildman–Crippen LogP) is 2.35. The third kappa shape index (κ3) is 2.45. The Kier molecular flexibility index (Phi) is 3.31. The molecule has 0 fully saturated rings. The van der Waals surface area contributed by atoms with Gasteiger partial charge in [-0.2, -0.15) is 0 Å². The number of halogens is 1. The fraction of sp³-hybridized carbons (Fsp3) is 0.0667. The van der Waals surface area contributed by atoms with E-state index in [1.807, 2.05) is 11.4 Å². The Hall–Kier alpha value is -2.47. The SMILES string of the molecule is NC(=O)c1ccc(F)c(Cn2ccc3sccc3c2=O)c1. The zero-order valence-electron chi connectivity index (χ0n) is 10.9. The number of primary amides is 1. The van der Waals surface area contributed by atoms with Crippen LogP contribution in [-0.4, -0.2) is 10.5 Å². The third-order valence-corrected chi connectivity index (χ3v) is 4.15. The second kappa shape index (κ2) is 5.14. The second-order valence-corrected chi connectivity index (χ2v) is 5.57. The first-order chi connectivity index (χ1) is 10.1. The molecule has 3 rings (SSSR count). The molecular formula is C15H11FN2O2S. The molecule has 21 heavy (non-hydrogen) atoms. The van der Waals surface area contributed by atoms with Gasteiger partial charge in [-0.15, -0.1) is 11.3 Å². The number of fused-ring (bicyclic) bond motifs is 1. The Morgan fingerprint density at radius 3 is 2.86 bits per heavy atom. The number of benzene rings is 1. The number of hydrogen-bond donors (Lipinski definition) is 1. The highest BCUT2D eigenvalue weighted by atomic mass is 32.1. The van der Waals surface area contributed by atoms with E-state index in [-0.39, 0.29) is 23.2 Å². The number of carbonyl (C=O) groups excluding carboxylic acids is 1. The zero-order chi connectivity index (χ0) is 15.0. The van der Waals surface area contributed by atoms with Gasteiger partial charge in [0.15, 0.2) is 0 Å². The molecule has 2 heterocycles. The molecule has 0 aliphatic heterocycles. The lowest BCUT2D eigenvalue weighted by Crippen LogP contribution is -2.20. The first-order valence-corrected chi connectivity index (χ1v) is 7.09. The number of hydrogen-bond acceptors (Lipinski definition) is 3. The lowest BCUT2D eigenvalue weighted by atomic mass is 10.1. The van der Waals surface area contributed by atoms with Crippen molar-refractivity contribution in [3.05, 3.63) is 69.2 Å². The Morgan fingerprint density at radius 1 is 1.29 bits per heavy atom. The summed E-state index contributed by atoms with van der Waals surface area (Å²) in [6.45, 7) is 0.0531. The summed E-state index contributed by atoms with van der Waals surface area (Å²) in [5, 5.41) is 2.44. The standard InChI is InChI=1S/C15H11FN2O2S/c16-12-2-1-9(14(17)19)7-10(12)8-18-5-3-13-11(15(18)20)4-6-21-13/h1-7H,8H2,(H2,17,19). The lowest BCUT2D eigenvalue weighted by molar-refractivity contribution is 0.1000. The summed E-state index contributed by atoms with van der Waals surface area (Å²) in [6, 6.07) is 7.45. The summed E-state index contributed by atoms with van der Waals surface area (Å²) < 4.78 is 16.1. The Balaban J connectivity index is 2.06.